The Balaban J connectivity index is 2.01. The smallest absolute Gasteiger partial charge is 0.207 e. The average molecular weight is 293 g/mol. The molecule has 0 saturated heterocycles. The molecule has 0 radical (unpaired) electrons. The minimum Gasteiger partial charge on any atom is -0.494 e. The molecule has 1 aromatic heterocycles. The number of hydrogen-bond donors (Lipinski definition) is 1. The Morgan fingerprint density at radius 3 is 3.00 bits per heavy atom. The average Bonchev–Trinajstić information content (AvgIpc) is 2.93. The van der Waals surface area contributed by atoms with Crippen LogP contribution in [0.1, 0.15) is 13.3 Å². The molecule has 0 bridgehead atoms. The van der Waals surface area contributed by atoms with Crippen molar-refractivity contribution in [2.75, 3.05) is 25.6 Å². The van der Waals surface area contributed by atoms with Crippen LogP contribution in [0.5, 0.6) is 5.75 Å². The lowest BCUT2D eigenvalue weighted by Crippen LogP contribution is -2.06. The molecule has 1 aromatic carbocycles. The summed E-state index contributed by atoms with van der Waals surface area (Å²) in [6.45, 7) is 4.23. The summed E-state index contributed by atoms with van der Waals surface area (Å²) in [6, 6.07) is 4.62. The molecule has 114 valence electrons. The highest BCUT2D eigenvalue weighted by molar-refractivity contribution is 5.56. The van der Waals surface area contributed by atoms with Gasteiger partial charge >= 0.3 is 0 Å². The zero-order chi connectivity index (χ0) is 15.1. The van der Waals surface area contributed by atoms with Gasteiger partial charge in [-0.2, -0.15) is 0 Å². The fourth-order valence-corrected chi connectivity index (χ4v) is 1.96. The van der Waals surface area contributed by atoms with Crippen LogP contribution in [0.4, 0.5) is 16.0 Å². The van der Waals surface area contributed by atoms with Gasteiger partial charge in [-0.3, -0.25) is 0 Å². The van der Waals surface area contributed by atoms with E-state index in [0.29, 0.717) is 5.95 Å². The molecule has 1 heterocycles. The topological polar surface area (TPSA) is 48.3 Å². The second-order valence-electron chi connectivity index (χ2n) is 4.47. The van der Waals surface area contributed by atoms with Gasteiger partial charge in [0.2, 0.25) is 5.95 Å². The van der Waals surface area contributed by atoms with Gasteiger partial charge in [0.1, 0.15) is 0 Å². The van der Waals surface area contributed by atoms with Crippen molar-refractivity contribution < 1.29 is 13.9 Å². The Kier molecular flexibility index (Phi) is 5.57. The van der Waals surface area contributed by atoms with Crippen molar-refractivity contribution in [1.29, 1.82) is 0 Å². The standard InChI is InChI=1S/C15H20FN3O2/c1-3-21-10-4-8-19-9-7-17-15(19)18-12-5-6-13(16)14(11-12)20-2/h5-7,9,11H,3-4,8,10H2,1-2H3,(H,17,18). The SMILES string of the molecule is CCOCCCn1ccnc1Nc1ccc(F)c(OC)c1. The molecule has 0 saturated carbocycles. The Morgan fingerprint density at radius 1 is 1.38 bits per heavy atom. The van der Waals surface area contributed by atoms with Crippen LogP contribution in [0.25, 0.3) is 0 Å². The van der Waals surface area contributed by atoms with Crippen molar-refractivity contribution in [1.82, 2.24) is 9.55 Å². The van der Waals surface area contributed by atoms with E-state index >= 15 is 0 Å². The van der Waals surface area contributed by atoms with Gasteiger partial charge in [-0.25, -0.2) is 9.37 Å². The van der Waals surface area contributed by atoms with Gasteiger partial charge in [0.15, 0.2) is 11.6 Å². The van der Waals surface area contributed by atoms with Crippen molar-refractivity contribution in [3.63, 3.8) is 0 Å². The molecular formula is C15H20FN3O2. The van der Waals surface area contributed by atoms with Crippen molar-refractivity contribution in [2.24, 2.45) is 0 Å². The lowest BCUT2D eigenvalue weighted by molar-refractivity contribution is 0.142. The van der Waals surface area contributed by atoms with Crippen LogP contribution in [0.15, 0.2) is 30.6 Å². The quantitative estimate of drug-likeness (QED) is 0.759. The number of anilines is 2. The number of methoxy groups -OCH3 is 1. The summed E-state index contributed by atoms with van der Waals surface area (Å²) in [7, 11) is 1.44. The van der Waals surface area contributed by atoms with E-state index in [-0.39, 0.29) is 11.6 Å². The molecule has 0 atom stereocenters. The third kappa shape index (κ3) is 4.19. The molecule has 0 fully saturated rings. The summed E-state index contributed by atoms with van der Waals surface area (Å²) in [5, 5.41) is 3.16. The zero-order valence-electron chi connectivity index (χ0n) is 12.3. The highest BCUT2D eigenvalue weighted by atomic mass is 19.1. The number of aryl methyl sites for hydroxylation is 1. The van der Waals surface area contributed by atoms with E-state index in [4.69, 9.17) is 9.47 Å². The lowest BCUT2D eigenvalue weighted by Gasteiger charge is -2.11. The first-order valence-electron chi connectivity index (χ1n) is 6.94. The number of nitrogens with one attached hydrogen (secondary N) is 1. The van der Waals surface area contributed by atoms with Crippen molar-refractivity contribution >= 4 is 11.6 Å². The van der Waals surface area contributed by atoms with E-state index in [1.165, 1.54) is 13.2 Å². The van der Waals surface area contributed by atoms with E-state index in [1.54, 1.807) is 18.3 Å². The highest BCUT2D eigenvalue weighted by Crippen LogP contribution is 2.23. The number of benzene rings is 1. The lowest BCUT2D eigenvalue weighted by atomic mass is 10.3. The van der Waals surface area contributed by atoms with Gasteiger partial charge in [-0.15, -0.1) is 0 Å². The number of nitrogens with zero attached hydrogens (tertiary/aromatic N) is 2. The molecular weight excluding hydrogens is 273 g/mol. The van der Waals surface area contributed by atoms with Crippen LogP contribution in [-0.4, -0.2) is 29.9 Å². The first kappa shape index (κ1) is 15.3. The molecule has 0 unspecified atom stereocenters. The van der Waals surface area contributed by atoms with Crippen molar-refractivity contribution in [2.45, 2.75) is 19.9 Å². The Bertz CT molecular complexity index is 572. The van der Waals surface area contributed by atoms with E-state index in [0.717, 1.165) is 31.9 Å². The summed E-state index contributed by atoms with van der Waals surface area (Å²) in [5.41, 5.74) is 0.727. The first-order valence-corrected chi connectivity index (χ1v) is 6.94. The Morgan fingerprint density at radius 2 is 2.24 bits per heavy atom. The molecule has 0 amide bonds. The third-order valence-corrected chi connectivity index (χ3v) is 3.01. The van der Waals surface area contributed by atoms with Crippen LogP contribution < -0.4 is 10.1 Å². The summed E-state index contributed by atoms with van der Waals surface area (Å²) in [4.78, 5) is 4.26. The van der Waals surface area contributed by atoms with Gasteiger partial charge in [0.25, 0.3) is 0 Å². The largest absolute Gasteiger partial charge is 0.494 e. The van der Waals surface area contributed by atoms with E-state index < -0.39 is 0 Å². The number of aromatic nitrogens is 2. The van der Waals surface area contributed by atoms with Crippen LogP contribution in [0, 0.1) is 5.82 Å². The van der Waals surface area contributed by atoms with Crippen LogP contribution >= 0.6 is 0 Å². The monoisotopic (exact) mass is 293 g/mol. The molecule has 21 heavy (non-hydrogen) atoms. The molecule has 5 nitrogen and oxygen atoms in total. The molecule has 0 aliphatic rings. The van der Waals surface area contributed by atoms with Gasteiger partial charge in [0, 0.05) is 43.9 Å². The second kappa shape index (κ2) is 7.64. The fourth-order valence-electron chi connectivity index (χ4n) is 1.96. The minimum absolute atomic E-state index is 0.203. The normalized spacial score (nSPS) is 10.6. The first-order chi connectivity index (χ1) is 10.2. The number of ether oxygens (including phenoxy) is 2. The van der Waals surface area contributed by atoms with Crippen molar-refractivity contribution in [3.05, 3.63) is 36.4 Å². The number of rotatable bonds is 8. The third-order valence-electron chi connectivity index (χ3n) is 3.01. The molecule has 0 aliphatic carbocycles. The van der Waals surface area contributed by atoms with Gasteiger partial charge < -0.3 is 19.4 Å². The molecule has 1 N–H and O–H groups in total. The maximum absolute atomic E-state index is 13.4. The maximum atomic E-state index is 13.4. The molecule has 2 aromatic rings. The predicted octanol–water partition coefficient (Wildman–Crippen LogP) is 3.20. The van der Waals surface area contributed by atoms with Gasteiger partial charge in [-0.1, -0.05) is 0 Å². The molecule has 0 spiro atoms. The zero-order valence-corrected chi connectivity index (χ0v) is 12.3. The molecule has 6 heteroatoms. The Hall–Kier alpha value is -2.08. The van der Waals surface area contributed by atoms with Crippen LogP contribution in [0.2, 0.25) is 0 Å². The fraction of sp³-hybridized carbons (Fsp3) is 0.400. The minimum atomic E-state index is -0.386. The maximum Gasteiger partial charge on any atom is 0.207 e. The van der Waals surface area contributed by atoms with Gasteiger partial charge in [0.05, 0.1) is 7.11 Å². The summed E-state index contributed by atoms with van der Waals surface area (Å²) >= 11 is 0. The molecule has 0 aliphatic heterocycles. The van der Waals surface area contributed by atoms with Gasteiger partial charge in [-0.05, 0) is 25.5 Å². The number of halogens is 1. The summed E-state index contributed by atoms with van der Waals surface area (Å²) in [6.07, 6.45) is 4.53. The number of hydrogen-bond acceptors (Lipinski definition) is 4. The van der Waals surface area contributed by atoms with Crippen LogP contribution in [0.3, 0.4) is 0 Å². The summed E-state index contributed by atoms with van der Waals surface area (Å²) < 4.78 is 25.7. The van der Waals surface area contributed by atoms with Crippen molar-refractivity contribution in [3.8, 4) is 5.75 Å². The number of imidazole rings is 1. The van der Waals surface area contributed by atoms with E-state index in [1.807, 2.05) is 17.7 Å². The van der Waals surface area contributed by atoms with Crippen LogP contribution in [-0.2, 0) is 11.3 Å². The second-order valence-corrected chi connectivity index (χ2v) is 4.47. The van der Waals surface area contributed by atoms with E-state index in [9.17, 15) is 4.39 Å². The highest BCUT2D eigenvalue weighted by Gasteiger charge is 2.07. The van der Waals surface area contributed by atoms with E-state index in [2.05, 4.69) is 10.3 Å². The predicted molar refractivity (Wildman–Crippen MR) is 79.6 cm³/mol. The molecule has 2 rings (SSSR count). The summed E-state index contributed by atoms with van der Waals surface area (Å²) in [5.74, 6) is 0.526. The Labute approximate surface area is 123 Å².